The highest BCUT2D eigenvalue weighted by Crippen LogP contribution is 2.44. The van der Waals surface area contributed by atoms with Crippen molar-refractivity contribution in [2.24, 2.45) is 29.6 Å². The van der Waals surface area contributed by atoms with Crippen LogP contribution in [0.3, 0.4) is 0 Å². The van der Waals surface area contributed by atoms with E-state index in [1.54, 1.807) is 80.8 Å². The lowest BCUT2D eigenvalue weighted by atomic mass is 9.93. The maximum absolute atomic E-state index is 9.58. The molecule has 5 fully saturated rings. The fraction of sp³-hybridized carbons (Fsp3) is 0.457. The standard InChI is InChI=1S/2C19H23N3O2.3C18H21N3O/c1-4-13-5-7-22(8-6-13)19-14(11-20)12-21-16-10-18(24-3)17(23-2)9-15(16)19;1-4-13-5-7-22(8-6-13)19-14(11-20)12-21-18-16(19)9-15(23-2)10-17(18)24-3;1-3-13-6-8-21(9-7-13)18-14(11-19)12-20-17-5-4-15(22-2)10-16(17)18;1-3-13-6-8-21(9-7-13)18-14(11-19)12-20-17-10-15(22-2)4-5-16(17)18;1-3-13-7-9-21(10-8-13)18-14(11-19)12-20-17-15(18)5-4-6-16(17)22-2/h2*9-10,12-13H,4-8H2,1-3H3;2*4-5,10,12-13H,3,6-9H2,1-2H3;4-6,12-13H,3,7-10H2,1-2H3. The molecule has 0 N–H and O–H groups in total. The van der Waals surface area contributed by atoms with Gasteiger partial charge in [0.05, 0.1) is 123 Å². The highest BCUT2D eigenvalue weighted by atomic mass is 16.5. The number of ether oxygens (including phenoxy) is 7. The summed E-state index contributed by atoms with van der Waals surface area (Å²) in [6, 6.07) is 36.7. The minimum Gasteiger partial charge on any atom is -0.497 e. The summed E-state index contributed by atoms with van der Waals surface area (Å²) >= 11 is 0. The molecule has 5 aliphatic rings. The summed E-state index contributed by atoms with van der Waals surface area (Å²) in [5.41, 5.74) is 12.4. The summed E-state index contributed by atoms with van der Waals surface area (Å²) < 4.78 is 37.7. The highest BCUT2D eigenvalue weighted by molar-refractivity contribution is 6.01. The Morgan fingerprint density at radius 3 is 0.991 bits per heavy atom. The zero-order chi connectivity index (χ0) is 80.8. The third kappa shape index (κ3) is 18.8. The predicted octanol–water partition coefficient (Wildman–Crippen LogP) is 18.7. The molecule has 0 bridgehead atoms. The Kier molecular flexibility index (Phi) is 29.2. The van der Waals surface area contributed by atoms with Gasteiger partial charge in [-0.3, -0.25) is 24.9 Å². The van der Waals surface area contributed by atoms with Crippen molar-refractivity contribution in [2.45, 2.75) is 131 Å². The predicted molar refractivity (Wildman–Crippen MR) is 454 cm³/mol. The quantitative estimate of drug-likeness (QED) is 0.0820. The lowest BCUT2D eigenvalue weighted by molar-refractivity contribution is 0.355. The van der Waals surface area contributed by atoms with Crippen LogP contribution in [-0.4, -0.2) is 140 Å². The second kappa shape index (κ2) is 40.1. The fourth-order valence-corrected chi connectivity index (χ4v) is 16.9. The molecular formula is C92H109N15O7. The third-order valence-corrected chi connectivity index (χ3v) is 24.0. The number of benzene rings is 5. The van der Waals surface area contributed by atoms with Crippen LogP contribution in [0.15, 0.2) is 110 Å². The van der Waals surface area contributed by atoms with Crippen molar-refractivity contribution in [1.29, 1.82) is 26.3 Å². The summed E-state index contributed by atoms with van der Waals surface area (Å²) in [6.07, 6.45) is 26.3. The Hall–Kier alpha value is -11.8. The summed E-state index contributed by atoms with van der Waals surface area (Å²) in [5.74, 6) is 9.03. The fourth-order valence-electron chi connectivity index (χ4n) is 16.9. The summed E-state index contributed by atoms with van der Waals surface area (Å²) in [7, 11) is 11.5. The average Bonchev–Trinajstić information content (AvgIpc) is 0.773. The van der Waals surface area contributed by atoms with Crippen molar-refractivity contribution in [3.8, 4) is 70.6 Å². The molecule has 5 saturated heterocycles. The zero-order valence-electron chi connectivity index (χ0n) is 68.5. The number of nitriles is 5. The van der Waals surface area contributed by atoms with Gasteiger partial charge in [0.1, 0.15) is 70.1 Å². The largest absolute Gasteiger partial charge is 0.497 e. The second-order valence-corrected chi connectivity index (χ2v) is 29.9. The summed E-state index contributed by atoms with van der Waals surface area (Å²) in [5, 5.41) is 52.5. The van der Waals surface area contributed by atoms with Gasteiger partial charge in [-0.25, -0.2) is 0 Å². The number of fused-ring (bicyclic) bond motifs is 5. The minimum atomic E-state index is 0.604. The van der Waals surface area contributed by atoms with Crippen LogP contribution in [0.5, 0.6) is 40.2 Å². The Morgan fingerprint density at radius 2 is 0.605 bits per heavy atom. The molecule has 10 aromatic rings. The Morgan fingerprint density at radius 1 is 0.289 bits per heavy atom. The number of methoxy groups -OCH3 is 7. The van der Waals surface area contributed by atoms with Gasteiger partial charge in [0.2, 0.25) is 0 Å². The van der Waals surface area contributed by atoms with Gasteiger partial charge in [0.25, 0.3) is 0 Å². The number of aromatic nitrogens is 5. The van der Waals surface area contributed by atoms with Crippen LogP contribution in [0, 0.1) is 86.2 Å². The number of hydrogen-bond acceptors (Lipinski definition) is 22. The van der Waals surface area contributed by atoms with Crippen LogP contribution in [0.4, 0.5) is 28.4 Å². The zero-order valence-corrected chi connectivity index (χ0v) is 68.5. The molecule has 0 radical (unpaired) electrons. The molecule has 15 rings (SSSR count). The number of para-hydroxylation sites is 1. The van der Waals surface area contributed by atoms with Crippen molar-refractivity contribution in [3.05, 3.63) is 138 Å². The molecule has 0 saturated carbocycles. The first-order valence-corrected chi connectivity index (χ1v) is 40.5. The van der Waals surface area contributed by atoms with E-state index in [2.05, 4.69) is 114 Å². The van der Waals surface area contributed by atoms with Gasteiger partial charge in [-0.05, 0) is 142 Å². The maximum Gasteiger partial charge on any atom is 0.162 e. The van der Waals surface area contributed by atoms with Crippen molar-refractivity contribution < 1.29 is 33.2 Å². The van der Waals surface area contributed by atoms with E-state index in [1.165, 1.54) is 83.5 Å². The lowest BCUT2D eigenvalue weighted by Gasteiger charge is -2.34. The van der Waals surface area contributed by atoms with E-state index in [0.717, 1.165) is 208 Å². The van der Waals surface area contributed by atoms with Crippen LogP contribution in [0.1, 0.15) is 159 Å². The molecule has 0 aliphatic carbocycles. The first kappa shape index (κ1) is 83.1. The lowest BCUT2D eigenvalue weighted by Crippen LogP contribution is -2.34. The van der Waals surface area contributed by atoms with E-state index in [4.69, 9.17) is 33.2 Å². The Labute approximate surface area is 672 Å². The van der Waals surface area contributed by atoms with Crippen molar-refractivity contribution in [3.63, 3.8) is 0 Å². The molecule has 0 atom stereocenters. The van der Waals surface area contributed by atoms with E-state index in [-0.39, 0.29) is 0 Å². The smallest absolute Gasteiger partial charge is 0.162 e. The van der Waals surface area contributed by atoms with Crippen LogP contribution < -0.4 is 57.7 Å². The first-order chi connectivity index (χ1) is 55.7. The van der Waals surface area contributed by atoms with Crippen molar-refractivity contribution >= 4 is 83.0 Å². The van der Waals surface area contributed by atoms with Crippen molar-refractivity contribution in [1.82, 2.24) is 24.9 Å². The molecule has 114 heavy (non-hydrogen) atoms. The summed E-state index contributed by atoms with van der Waals surface area (Å²) in [4.78, 5) is 33.8. The normalized spacial score (nSPS) is 15.6. The number of pyridine rings is 5. The SMILES string of the molecule is CCC1CCN(c2c(C#N)cnc3c(OC)cc(OC)cc23)CC1.CCC1CCN(c2c(C#N)cnc3c(OC)cccc23)CC1.CCC1CCN(c2c(C#N)cnc3cc(OC)c(OC)cc23)CC1.CCC1CCN(c2c(C#N)cnc3cc(OC)ccc23)CC1.CCC1CCN(c2c(C#N)cnc3ccc(OC)cc23)CC1. The summed E-state index contributed by atoms with van der Waals surface area (Å²) in [6.45, 7) is 21.2. The van der Waals surface area contributed by atoms with Crippen LogP contribution >= 0.6 is 0 Å². The van der Waals surface area contributed by atoms with Gasteiger partial charge >= 0.3 is 0 Å². The monoisotopic (exact) mass is 1540 g/mol. The van der Waals surface area contributed by atoms with E-state index in [0.29, 0.717) is 50.8 Å². The molecule has 0 unspecified atom stereocenters. The Bertz CT molecular complexity index is 5130. The maximum atomic E-state index is 9.58. The molecular weight excluding hydrogens is 1430 g/mol. The van der Waals surface area contributed by atoms with E-state index >= 15 is 0 Å². The number of piperidine rings is 5. The first-order valence-electron chi connectivity index (χ1n) is 40.5. The van der Waals surface area contributed by atoms with Gasteiger partial charge in [-0.1, -0.05) is 78.9 Å². The van der Waals surface area contributed by atoms with E-state index in [1.807, 2.05) is 78.9 Å². The number of anilines is 5. The van der Waals surface area contributed by atoms with E-state index in [9.17, 15) is 26.3 Å². The molecule has 594 valence electrons. The third-order valence-electron chi connectivity index (χ3n) is 24.0. The minimum absolute atomic E-state index is 0.604. The van der Waals surface area contributed by atoms with Crippen LogP contribution in [0.25, 0.3) is 54.5 Å². The van der Waals surface area contributed by atoms with Gasteiger partial charge in [-0.2, -0.15) is 26.3 Å². The molecule has 5 aromatic carbocycles. The second-order valence-electron chi connectivity index (χ2n) is 29.9. The van der Waals surface area contributed by atoms with Gasteiger partial charge in [0, 0.05) is 142 Å². The number of hydrogen-bond donors (Lipinski definition) is 0. The van der Waals surface area contributed by atoms with Crippen LogP contribution in [-0.2, 0) is 0 Å². The molecule has 5 aromatic heterocycles. The van der Waals surface area contributed by atoms with Gasteiger partial charge in [0.15, 0.2) is 11.5 Å². The Balaban J connectivity index is 0.000000141. The van der Waals surface area contributed by atoms with Crippen LogP contribution in [0.2, 0.25) is 0 Å². The highest BCUT2D eigenvalue weighted by Gasteiger charge is 2.30. The van der Waals surface area contributed by atoms with E-state index < -0.39 is 0 Å². The molecule has 0 spiro atoms. The molecule has 0 amide bonds. The van der Waals surface area contributed by atoms with Crippen molar-refractivity contribution in [2.75, 3.05) is 140 Å². The molecule has 22 nitrogen and oxygen atoms in total. The topological polar surface area (TPSA) is 264 Å². The molecule has 22 heteroatoms. The van der Waals surface area contributed by atoms with Gasteiger partial charge in [-0.15, -0.1) is 0 Å². The van der Waals surface area contributed by atoms with Gasteiger partial charge < -0.3 is 57.7 Å². The average molecular weight is 1540 g/mol. The molecule has 5 aliphatic heterocycles. The number of nitrogens with zero attached hydrogens (tertiary/aromatic N) is 15. The number of rotatable bonds is 17. The molecule has 10 heterocycles.